The smallest absolute Gasteiger partial charge is 0.321 e. The van der Waals surface area contributed by atoms with Crippen LogP contribution < -0.4 is 10.2 Å². The molecule has 140 valence electrons. The minimum atomic E-state index is -0.0582. The van der Waals surface area contributed by atoms with Crippen molar-refractivity contribution in [1.82, 2.24) is 24.7 Å². The largest absolute Gasteiger partial charge is 0.367 e. The average Bonchev–Trinajstić information content (AvgIpc) is 3.12. The number of rotatable bonds is 3. The number of piperazine rings is 1. The van der Waals surface area contributed by atoms with E-state index in [9.17, 15) is 4.79 Å². The lowest BCUT2D eigenvalue weighted by molar-refractivity contribution is 0.208. The first-order valence-corrected chi connectivity index (χ1v) is 9.22. The van der Waals surface area contributed by atoms with Gasteiger partial charge in [0.05, 0.1) is 11.9 Å². The van der Waals surface area contributed by atoms with Crippen LogP contribution in [0.15, 0.2) is 36.5 Å². The summed E-state index contributed by atoms with van der Waals surface area (Å²) < 4.78 is 1.77. The molecule has 1 N–H and O–H groups in total. The Morgan fingerprint density at radius 2 is 1.85 bits per heavy atom. The Morgan fingerprint density at radius 1 is 1.11 bits per heavy atom. The number of amides is 2. The van der Waals surface area contributed by atoms with E-state index in [2.05, 4.69) is 25.5 Å². The highest BCUT2D eigenvalue weighted by atomic mass is 16.2. The van der Waals surface area contributed by atoms with Crippen molar-refractivity contribution >= 4 is 23.1 Å². The molecule has 1 aliphatic rings. The number of fused-ring (bicyclic) bond motifs is 1. The van der Waals surface area contributed by atoms with Crippen molar-refractivity contribution in [2.24, 2.45) is 0 Å². The van der Waals surface area contributed by atoms with Crippen LogP contribution >= 0.6 is 0 Å². The van der Waals surface area contributed by atoms with Crippen LogP contribution in [0.4, 0.5) is 16.2 Å². The molecule has 1 aromatic carbocycles. The van der Waals surface area contributed by atoms with Crippen molar-refractivity contribution in [1.29, 1.82) is 0 Å². The summed E-state index contributed by atoms with van der Waals surface area (Å²) >= 11 is 0. The SMILES string of the molecule is CCc1nnc2cc(N3CCN(C(=O)Nc4ccc(C)cc4)CC3)cnn12. The van der Waals surface area contributed by atoms with E-state index in [4.69, 9.17) is 0 Å². The second kappa shape index (κ2) is 7.22. The van der Waals surface area contributed by atoms with E-state index in [1.807, 2.05) is 55.3 Å². The minimum absolute atomic E-state index is 0.0582. The molecule has 8 nitrogen and oxygen atoms in total. The number of carbonyl (C=O) groups excluding carboxylic acids is 1. The van der Waals surface area contributed by atoms with Gasteiger partial charge in [0, 0.05) is 44.4 Å². The zero-order chi connectivity index (χ0) is 18.8. The number of hydrogen-bond donors (Lipinski definition) is 1. The molecule has 2 amide bonds. The molecule has 0 unspecified atom stereocenters. The molecule has 0 bridgehead atoms. The first-order chi connectivity index (χ1) is 13.1. The summed E-state index contributed by atoms with van der Waals surface area (Å²) in [5.41, 5.74) is 3.76. The third-order valence-corrected chi connectivity index (χ3v) is 4.86. The van der Waals surface area contributed by atoms with E-state index in [1.54, 1.807) is 4.52 Å². The molecule has 8 heteroatoms. The normalized spacial score (nSPS) is 14.6. The molecular formula is C19H23N7O. The topological polar surface area (TPSA) is 78.7 Å². The van der Waals surface area contributed by atoms with E-state index in [0.29, 0.717) is 13.1 Å². The van der Waals surface area contributed by atoms with Crippen LogP contribution in [0, 0.1) is 6.92 Å². The number of hydrogen-bond acceptors (Lipinski definition) is 5. The highest BCUT2D eigenvalue weighted by Gasteiger charge is 2.22. The van der Waals surface area contributed by atoms with E-state index in [1.165, 1.54) is 5.56 Å². The van der Waals surface area contributed by atoms with Gasteiger partial charge in [0.25, 0.3) is 0 Å². The van der Waals surface area contributed by atoms with E-state index in [0.717, 1.165) is 42.4 Å². The number of anilines is 2. The van der Waals surface area contributed by atoms with E-state index in [-0.39, 0.29) is 6.03 Å². The summed E-state index contributed by atoms with van der Waals surface area (Å²) in [5, 5.41) is 15.8. The average molecular weight is 365 g/mol. The Kier molecular flexibility index (Phi) is 4.62. The number of benzene rings is 1. The van der Waals surface area contributed by atoms with Crippen molar-refractivity contribution in [3.05, 3.63) is 47.9 Å². The highest BCUT2D eigenvalue weighted by molar-refractivity contribution is 5.89. The molecule has 0 spiro atoms. The van der Waals surface area contributed by atoms with Gasteiger partial charge in [-0.15, -0.1) is 10.2 Å². The van der Waals surface area contributed by atoms with Crippen LogP contribution in [0.3, 0.4) is 0 Å². The zero-order valence-corrected chi connectivity index (χ0v) is 15.6. The lowest BCUT2D eigenvalue weighted by Crippen LogP contribution is -2.50. The predicted molar refractivity (Wildman–Crippen MR) is 104 cm³/mol. The Bertz CT molecular complexity index is 942. The van der Waals surface area contributed by atoms with Crippen LogP contribution in [0.25, 0.3) is 5.65 Å². The fraction of sp³-hybridized carbons (Fsp3) is 0.368. The van der Waals surface area contributed by atoms with Gasteiger partial charge in [0.2, 0.25) is 0 Å². The molecule has 27 heavy (non-hydrogen) atoms. The Labute approximate surface area is 157 Å². The van der Waals surface area contributed by atoms with Crippen LogP contribution in [0.5, 0.6) is 0 Å². The minimum Gasteiger partial charge on any atom is -0.367 e. The van der Waals surface area contributed by atoms with Gasteiger partial charge in [-0.1, -0.05) is 24.6 Å². The molecule has 3 heterocycles. The molecule has 1 aliphatic heterocycles. The van der Waals surface area contributed by atoms with Crippen molar-refractivity contribution in [3.63, 3.8) is 0 Å². The van der Waals surface area contributed by atoms with Gasteiger partial charge in [-0.3, -0.25) is 0 Å². The lowest BCUT2D eigenvalue weighted by Gasteiger charge is -2.35. The lowest BCUT2D eigenvalue weighted by atomic mass is 10.2. The van der Waals surface area contributed by atoms with Crippen molar-refractivity contribution < 1.29 is 4.79 Å². The molecule has 0 radical (unpaired) electrons. The van der Waals surface area contributed by atoms with Gasteiger partial charge < -0.3 is 15.1 Å². The summed E-state index contributed by atoms with van der Waals surface area (Å²) in [6.45, 7) is 6.90. The van der Waals surface area contributed by atoms with Gasteiger partial charge >= 0.3 is 6.03 Å². The van der Waals surface area contributed by atoms with Crippen LogP contribution in [0.2, 0.25) is 0 Å². The number of carbonyl (C=O) groups is 1. The summed E-state index contributed by atoms with van der Waals surface area (Å²) in [4.78, 5) is 16.5. The van der Waals surface area contributed by atoms with E-state index < -0.39 is 0 Å². The summed E-state index contributed by atoms with van der Waals surface area (Å²) in [5.74, 6) is 0.856. The molecule has 1 saturated heterocycles. The predicted octanol–water partition coefficient (Wildman–Crippen LogP) is 2.35. The number of aryl methyl sites for hydroxylation is 2. The number of nitrogens with one attached hydrogen (secondary N) is 1. The maximum absolute atomic E-state index is 12.5. The molecular weight excluding hydrogens is 342 g/mol. The maximum Gasteiger partial charge on any atom is 0.321 e. The van der Waals surface area contributed by atoms with Gasteiger partial charge in [0.15, 0.2) is 11.5 Å². The molecule has 0 atom stereocenters. The monoisotopic (exact) mass is 365 g/mol. The number of urea groups is 1. The third kappa shape index (κ3) is 3.55. The zero-order valence-electron chi connectivity index (χ0n) is 15.6. The first kappa shape index (κ1) is 17.3. The van der Waals surface area contributed by atoms with Crippen molar-refractivity contribution in [2.75, 3.05) is 36.4 Å². The second-order valence-corrected chi connectivity index (χ2v) is 6.72. The van der Waals surface area contributed by atoms with Crippen molar-refractivity contribution in [3.8, 4) is 0 Å². The maximum atomic E-state index is 12.5. The molecule has 2 aromatic heterocycles. The Morgan fingerprint density at radius 3 is 2.56 bits per heavy atom. The van der Waals surface area contributed by atoms with Gasteiger partial charge in [-0.05, 0) is 19.1 Å². The van der Waals surface area contributed by atoms with Crippen LogP contribution in [-0.2, 0) is 6.42 Å². The van der Waals surface area contributed by atoms with Gasteiger partial charge in [-0.25, -0.2) is 4.79 Å². The molecule has 4 rings (SSSR count). The summed E-state index contributed by atoms with van der Waals surface area (Å²) in [6, 6.07) is 9.77. The van der Waals surface area contributed by atoms with Crippen LogP contribution in [0.1, 0.15) is 18.3 Å². The second-order valence-electron chi connectivity index (χ2n) is 6.72. The third-order valence-electron chi connectivity index (χ3n) is 4.86. The number of nitrogens with zero attached hydrogens (tertiary/aromatic N) is 6. The molecule has 0 aliphatic carbocycles. The van der Waals surface area contributed by atoms with Gasteiger partial charge in [0.1, 0.15) is 0 Å². The molecule has 1 fully saturated rings. The molecule has 3 aromatic rings. The highest BCUT2D eigenvalue weighted by Crippen LogP contribution is 2.18. The summed E-state index contributed by atoms with van der Waals surface area (Å²) in [6.07, 6.45) is 2.64. The fourth-order valence-electron chi connectivity index (χ4n) is 3.23. The fourth-order valence-corrected chi connectivity index (χ4v) is 3.23. The summed E-state index contributed by atoms with van der Waals surface area (Å²) in [7, 11) is 0. The Balaban J connectivity index is 1.38. The van der Waals surface area contributed by atoms with Crippen molar-refractivity contribution in [2.45, 2.75) is 20.3 Å². The molecule has 0 saturated carbocycles. The Hall–Kier alpha value is -3.16. The quantitative estimate of drug-likeness (QED) is 0.771. The first-order valence-electron chi connectivity index (χ1n) is 9.22. The van der Waals surface area contributed by atoms with Gasteiger partial charge in [-0.2, -0.15) is 9.61 Å². The van der Waals surface area contributed by atoms with Crippen LogP contribution in [-0.4, -0.2) is 56.9 Å². The number of aromatic nitrogens is 4. The van der Waals surface area contributed by atoms with E-state index >= 15 is 0 Å². The standard InChI is InChI=1S/C19H23N7O/c1-3-17-22-23-18-12-16(13-20-26(17)18)24-8-10-25(11-9-24)19(27)21-15-6-4-14(2)5-7-15/h4-7,12-13H,3,8-11H2,1-2H3,(H,21,27).